The van der Waals surface area contributed by atoms with Crippen LogP contribution in [0.25, 0.3) is 0 Å². The van der Waals surface area contributed by atoms with E-state index in [-0.39, 0.29) is 0 Å². The van der Waals surface area contributed by atoms with Gasteiger partial charge in [-0.2, -0.15) is 0 Å². The summed E-state index contributed by atoms with van der Waals surface area (Å²) in [5.74, 6) is -0.685. The van der Waals surface area contributed by atoms with Crippen LogP contribution in [0.3, 0.4) is 0 Å². The highest BCUT2D eigenvalue weighted by atomic mass is 16.4. The predicted octanol–water partition coefficient (Wildman–Crippen LogP) is 1.97. The number of likely N-dealkylation sites (tertiary alicyclic amines) is 1. The predicted molar refractivity (Wildman–Crippen MR) is 56.3 cm³/mol. The molecule has 1 fully saturated rings. The van der Waals surface area contributed by atoms with E-state index >= 15 is 0 Å². The first kappa shape index (κ1) is 11.5. The summed E-state index contributed by atoms with van der Waals surface area (Å²) in [6, 6.07) is 0. The number of carboxylic acid groups (broad SMARTS) is 1. The van der Waals surface area contributed by atoms with Gasteiger partial charge in [-0.25, -0.2) is 0 Å². The number of carboxylic acids is 1. The Bertz CT molecular complexity index is 229. The zero-order valence-corrected chi connectivity index (χ0v) is 9.63. The van der Waals surface area contributed by atoms with Gasteiger partial charge in [0.15, 0.2) is 0 Å². The number of aliphatic carboxylic acids is 1. The highest BCUT2D eigenvalue weighted by Crippen LogP contribution is 2.36. The van der Waals surface area contributed by atoms with Crippen molar-refractivity contribution in [2.75, 3.05) is 13.1 Å². The van der Waals surface area contributed by atoms with Gasteiger partial charge in [-0.3, -0.25) is 9.69 Å². The molecule has 1 unspecified atom stereocenters. The first-order chi connectivity index (χ1) is 6.32. The lowest BCUT2D eigenvalue weighted by Crippen LogP contribution is -2.65. The monoisotopic (exact) mass is 199 g/mol. The molecule has 0 aliphatic carbocycles. The van der Waals surface area contributed by atoms with Gasteiger partial charge < -0.3 is 5.11 Å². The van der Waals surface area contributed by atoms with Crippen LogP contribution in [0.15, 0.2) is 0 Å². The minimum absolute atomic E-state index is 0.296. The molecule has 1 N–H and O–H groups in total. The van der Waals surface area contributed by atoms with E-state index in [1.54, 1.807) is 0 Å². The lowest BCUT2D eigenvalue weighted by Gasteiger charge is -2.53. The average molecular weight is 199 g/mol. The Morgan fingerprint density at radius 2 is 2.00 bits per heavy atom. The van der Waals surface area contributed by atoms with Crippen LogP contribution >= 0.6 is 0 Å². The summed E-state index contributed by atoms with van der Waals surface area (Å²) < 4.78 is 0. The number of carbonyl (C=O) groups is 1. The SMILES string of the molecule is CCCC(C)(C(=O)O)N1CC(C)(C)C1. The van der Waals surface area contributed by atoms with Crippen molar-refractivity contribution in [3.05, 3.63) is 0 Å². The van der Waals surface area contributed by atoms with E-state index in [0.717, 1.165) is 25.9 Å². The molecular weight excluding hydrogens is 178 g/mol. The molecule has 0 aromatic carbocycles. The van der Waals surface area contributed by atoms with Crippen LogP contribution in [-0.4, -0.2) is 34.6 Å². The number of hydrogen-bond acceptors (Lipinski definition) is 2. The van der Waals surface area contributed by atoms with E-state index in [0.29, 0.717) is 5.41 Å². The minimum atomic E-state index is -0.685. The van der Waals surface area contributed by atoms with Gasteiger partial charge in [-0.1, -0.05) is 27.2 Å². The van der Waals surface area contributed by atoms with E-state index in [2.05, 4.69) is 18.7 Å². The Hall–Kier alpha value is -0.570. The molecule has 0 aromatic rings. The second-order valence-corrected chi connectivity index (χ2v) is 5.35. The molecule has 1 aliphatic rings. The van der Waals surface area contributed by atoms with Crippen molar-refractivity contribution >= 4 is 5.97 Å². The maximum atomic E-state index is 11.2. The Morgan fingerprint density at radius 3 is 2.29 bits per heavy atom. The maximum Gasteiger partial charge on any atom is 0.323 e. The van der Waals surface area contributed by atoms with Crippen molar-refractivity contribution in [2.24, 2.45) is 5.41 Å². The molecule has 0 saturated carbocycles. The smallest absolute Gasteiger partial charge is 0.323 e. The van der Waals surface area contributed by atoms with Crippen LogP contribution in [0.2, 0.25) is 0 Å². The van der Waals surface area contributed by atoms with Crippen LogP contribution in [0.1, 0.15) is 40.5 Å². The fourth-order valence-electron chi connectivity index (χ4n) is 2.22. The van der Waals surface area contributed by atoms with Gasteiger partial charge in [0.1, 0.15) is 5.54 Å². The Balaban J connectivity index is 2.66. The van der Waals surface area contributed by atoms with Gasteiger partial charge in [-0.15, -0.1) is 0 Å². The molecule has 0 amide bonds. The van der Waals surface area contributed by atoms with E-state index in [1.165, 1.54) is 0 Å². The van der Waals surface area contributed by atoms with Gasteiger partial charge in [0.2, 0.25) is 0 Å². The summed E-state index contributed by atoms with van der Waals surface area (Å²) in [6.45, 7) is 10.0. The molecule has 0 bridgehead atoms. The zero-order valence-electron chi connectivity index (χ0n) is 9.63. The molecule has 3 nitrogen and oxygen atoms in total. The molecule has 0 aromatic heterocycles. The topological polar surface area (TPSA) is 40.5 Å². The molecule has 0 radical (unpaired) electrons. The van der Waals surface area contributed by atoms with Crippen LogP contribution in [0.4, 0.5) is 0 Å². The Labute approximate surface area is 86.1 Å². The summed E-state index contributed by atoms with van der Waals surface area (Å²) in [5.41, 5.74) is -0.352. The summed E-state index contributed by atoms with van der Waals surface area (Å²) in [7, 11) is 0. The molecular formula is C11H21NO2. The molecule has 1 saturated heterocycles. The van der Waals surface area contributed by atoms with Crippen molar-refractivity contribution in [3.8, 4) is 0 Å². The molecule has 0 spiro atoms. The second-order valence-electron chi connectivity index (χ2n) is 5.35. The third-order valence-corrected chi connectivity index (χ3v) is 3.13. The van der Waals surface area contributed by atoms with Crippen LogP contribution in [-0.2, 0) is 4.79 Å². The second kappa shape index (κ2) is 3.54. The standard InChI is InChI=1S/C11H21NO2/c1-5-6-11(4,9(13)14)12-7-10(2,3)8-12/h5-8H2,1-4H3,(H,13,14). The summed E-state index contributed by atoms with van der Waals surface area (Å²) in [6.07, 6.45) is 1.65. The number of nitrogens with zero attached hydrogens (tertiary/aromatic N) is 1. The van der Waals surface area contributed by atoms with Gasteiger partial charge in [0.25, 0.3) is 0 Å². The minimum Gasteiger partial charge on any atom is -0.480 e. The fourth-order valence-corrected chi connectivity index (χ4v) is 2.22. The summed E-state index contributed by atoms with van der Waals surface area (Å²) >= 11 is 0. The van der Waals surface area contributed by atoms with Gasteiger partial charge in [0.05, 0.1) is 0 Å². The van der Waals surface area contributed by atoms with E-state index < -0.39 is 11.5 Å². The first-order valence-corrected chi connectivity index (χ1v) is 5.30. The average Bonchev–Trinajstić information content (AvgIpc) is 2.00. The largest absolute Gasteiger partial charge is 0.480 e. The van der Waals surface area contributed by atoms with E-state index in [4.69, 9.17) is 0 Å². The van der Waals surface area contributed by atoms with Crippen molar-refractivity contribution in [3.63, 3.8) is 0 Å². The molecule has 1 atom stereocenters. The molecule has 82 valence electrons. The first-order valence-electron chi connectivity index (χ1n) is 5.30. The van der Waals surface area contributed by atoms with Gasteiger partial charge >= 0.3 is 5.97 Å². The fraction of sp³-hybridized carbons (Fsp3) is 0.909. The number of hydrogen-bond donors (Lipinski definition) is 1. The van der Waals surface area contributed by atoms with Crippen molar-refractivity contribution < 1.29 is 9.90 Å². The van der Waals surface area contributed by atoms with Crippen molar-refractivity contribution in [1.29, 1.82) is 0 Å². The van der Waals surface area contributed by atoms with Crippen LogP contribution < -0.4 is 0 Å². The Kier molecular flexibility index (Phi) is 2.91. The highest BCUT2D eigenvalue weighted by Gasteiger charge is 2.48. The lowest BCUT2D eigenvalue weighted by molar-refractivity contribution is -0.160. The normalized spacial score (nSPS) is 25.1. The Morgan fingerprint density at radius 1 is 1.50 bits per heavy atom. The molecule has 3 heteroatoms. The van der Waals surface area contributed by atoms with Gasteiger partial charge in [0, 0.05) is 13.1 Å². The van der Waals surface area contributed by atoms with Crippen molar-refractivity contribution in [1.82, 2.24) is 4.90 Å². The molecule has 14 heavy (non-hydrogen) atoms. The van der Waals surface area contributed by atoms with Crippen LogP contribution in [0.5, 0.6) is 0 Å². The molecule has 1 rings (SSSR count). The number of rotatable bonds is 4. The highest BCUT2D eigenvalue weighted by molar-refractivity contribution is 5.78. The van der Waals surface area contributed by atoms with E-state index in [9.17, 15) is 9.90 Å². The zero-order chi connectivity index (χ0) is 11.0. The third-order valence-electron chi connectivity index (χ3n) is 3.13. The van der Waals surface area contributed by atoms with Crippen LogP contribution in [0, 0.1) is 5.41 Å². The maximum absolute atomic E-state index is 11.2. The molecule has 1 aliphatic heterocycles. The van der Waals surface area contributed by atoms with E-state index in [1.807, 2.05) is 13.8 Å². The third kappa shape index (κ3) is 1.92. The quantitative estimate of drug-likeness (QED) is 0.752. The lowest BCUT2D eigenvalue weighted by atomic mass is 9.78. The summed E-state index contributed by atoms with van der Waals surface area (Å²) in [5, 5.41) is 9.23. The van der Waals surface area contributed by atoms with Crippen molar-refractivity contribution in [2.45, 2.75) is 46.1 Å². The van der Waals surface area contributed by atoms with Gasteiger partial charge in [-0.05, 0) is 18.8 Å². The summed E-state index contributed by atoms with van der Waals surface area (Å²) in [4.78, 5) is 13.3. The molecule has 1 heterocycles.